The Balaban J connectivity index is 0.923. The molecule has 58 heavy (non-hydrogen) atoms. The largest absolute Gasteiger partial charge is 0.465 e. The van der Waals surface area contributed by atoms with Crippen molar-refractivity contribution in [2.24, 2.45) is 5.92 Å². The van der Waals surface area contributed by atoms with Crippen molar-refractivity contribution in [1.29, 1.82) is 0 Å². The third-order valence-electron chi connectivity index (χ3n) is 12.7. The van der Waals surface area contributed by atoms with Crippen molar-refractivity contribution in [2.45, 2.75) is 83.0 Å². The number of carbonyl (C=O) groups is 3. The molecule has 3 fully saturated rings. The monoisotopic (exact) mass is 782 g/mol. The van der Waals surface area contributed by atoms with Gasteiger partial charge in [-0.2, -0.15) is 0 Å². The molecule has 5 aromatic rings. The van der Waals surface area contributed by atoms with Crippen LogP contribution in [0.25, 0.3) is 33.6 Å². The van der Waals surface area contributed by atoms with Crippen molar-refractivity contribution in [3.05, 3.63) is 108 Å². The van der Waals surface area contributed by atoms with E-state index in [4.69, 9.17) is 9.97 Å². The minimum absolute atomic E-state index is 0.0370. The number of hydrogen-bond acceptors (Lipinski definition) is 6. The van der Waals surface area contributed by atoms with E-state index in [1.807, 2.05) is 40.4 Å². The molecule has 0 spiro atoms. The molecule has 1 aliphatic carbocycles. The van der Waals surface area contributed by atoms with Gasteiger partial charge in [0, 0.05) is 26.2 Å². The Hall–Kier alpha value is -5.75. The van der Waals surface area contributed by atoms with Gasteiger partial charge in [-0.05, 0) is 79.4 Å². The molecule has 3 aromatic carbocycles. The van der Waals surface area contributed by atoms with E-state index >= 15 is 0 Å². The number of aromatic amines is 2. The second-order valence-electron chi connectivity index (χ2n) is 15.9. The van der Waals surface area contributed by atoms with E-state index in [1.165, 1.54) is 4.90 Å². The third kappa shape index (κ3) is 7.65. The van der Waals surface area contributed by atoms with Gasteiger partial charge in [0.15, 0.2) is 0 Å². The molecule has 3 amide bonds. The molecule has 4 heterocycles. The van der Waals surface area contributed by atoms with Crippen LogP contribution >= 0.6 is 0 Å². The van der Waals surface area contributed by atoms with Crippen LogP contribution in [0, 0.1) is 5.92 Å². The van der Waals surface area contributed by atoms with Crippen LogP contribution in [0.3, 0.4) is 0 Å². The van der Waals surface area contributed by atoms with Crippen LogP contribution in [-0.2, 0) is 9.59 Å². The van der Waals surface area contributed by atoms with Crippen LogP contribution in [0.5, 0.6) is 0 Å². The Morgan fingerprint density at radius 2 is 1.22 bits per heavy atom. The van der Waals surface area contributed by atoms with Crippen molar-refractivity contribution in [3.8, 4) is 33.6 Å². The van der Waals surface area contributed by atoms with E-state index in [0.717, 1.165) is 103 Å². The van der Waals surface area contributed by atoms with Crippen molar-refractivity contribution >= 4 is 17.9 Å². The summed E-state index contributed by atoms with van der Waals surface area (Å²) in [4.78, 5) is 63.7. The van der Waals surface area contributed by atoms with E-state index in [2.05, 4.69) is 89.4 Å². The molecule has 2 aromatic heterocycles. The van der Waals surface area contributed by atoms with E-state index in [0.29, 0.717) is 19.4 Å². The topological polar surface area (TPSA) is 142 Å². The summed E-state index contributed by atoms with van der Waals surface area (Å²) in [6.07, 6.45) is 8.53. The molecule has 1 saturated carbocycles. The quantitative estimate of drug-likeness (QED) is 0.116. The van der Waals surface area contributed by atoms with Gasteiger partial charge in [-0.1, -0.05) is 99.1 Å². The number of imidazole rings is 2. The summed E-state index contributed by atoms with van der Waals surface area (Å²) in [5.74, 6) is 1.45. The van der Waals surface area contributed by atoms with Gasteiger partial charge in [0.25, 0.3) is 0 Å². The van der Waals surface area contributed by atoms with Crippen molar-refractivity contribution < 1.29 is 19.5 Å². The van der Waals surface area contributed by atoms with E-state index in [-0.39, 0.29) is 41.9 Å². The summed E-state index contributed by atoms with van der Waals surface area (Å²) in [5, 5.41) is 9.57. The number of likely N-dealkylation sites (tertiary alicyclic amines) is 2. The van der Waals surface area contributed by atoms with Crippen LogP contribution in [0.4, 0.5) is 4.79 Å². The normalized spacial score (nSPS) is 21.2. The Labute approximate surface area is 340 Å². The first-order valence-electron chi connectivity index (χ1n) is 20.9. The first-order valence-corrected chi connectivity index (χ1v) is 20.9. The van der Waals surface area contributed by atoms with Crippen LogP contribution in [0.15, 0.2) is 91.3 Å². The maximum absolute atomic E-state index is 14.2. The first-order chi connectivity index (χ1) is 28.2. The second kappa shape index (κ2) is 17.0. The molecule has 0 bridgehead atoms. The SMILES string of the molecule is CCN(CC)[C@@H](C(=O)N1CCC[C@H]1c1ncc(-c2ccc(-c3ccc(-c4cnc([C@@H]5CCCN5C(=O)[C@H]5CCC[C@@H]5N(C)C(=O)O)[nH]4)cc3)cc2)[nH]1)c1ccccc1. The lowest BCUT2D eigenvalue weighted by molar-refractivity contribution is -0.139. The lowest BCUT2D eigenvalue weighted by atomic mass is 10.00. The molecular formula is C46H54N8O4. The molecule has 12 heteroatoms. The van der Waals surface area contributed by atoms with E-state index in [9.17, 15) is 19.5 Å². The number of carbonyl (C=O) groups excluding carboxylic acids is 2. The predicted molar refractivity (Wildman–Crippen MR) is 223 cm³/mol. The lowest BCUT2D eigenvalue weighted by Gasteiger charge is -2.34. The number of hydrogen-bond donors (Lipinski definition) is 3. The van der Waals surface area contributed by atoms with Crippen LogP contribution in [0.2, 0.25) is 0 Å². The van der Waals surface area contributed by atoms with Crippen molar-refractivity contribution in [2.75, 3.05) is 33.2 Å². The maximum Gasteiger partial charge on any atom is 0.407 e. The Morgan fingerprint density at radius 1 is 0.707 bits per heavy atom. The number of amides is 3. The zero-order valence-electron chi connectivity index (χ0n) is 33.7. The summed E-state index contributed by atoms with van der Waals surface area (Å²) in [5.41, 5.74) is 7.06. The van der Waals surface area contributed by atoms with Gasteiger partial charge in [0.05, 0.1) is 41.8 Å². The molecule has 8 rings (SSSR count). The molecule has 12 nitrogen and oxygen atoms in total. The summed E-state index contributed by atoms with van der Waals surface area (Å²) in [7, 11) is 1.57. The number of H-pyrrole nitrogens is 2. The summed E-state index contributed by atoms with van der Waals surface area (Å²) in [6.45, 7) is 7.18. The lowest BCUT2D eigenvalue weighted by Crippen LogP contribution is -2.46. The molecule has 3 N–H and O–H groups in total. The van der Waals surface area contributed by atoms with Crippen LogP contribution in [-0.4, -0.2) is 102 Å². The van der Waals surface area contributed by atoms with Gasteiger partial charge in [-0.25, -0.2) is 14.8 Å². The van der Waals surface area contributed by atoms with Gasteiger partial charge in [0.1, 0.15) is 17.7 Å². The molecule has 2 saturated heterocycles. The van der Waals surface area contributed by atoms with E-state index in [1.54, 1.807) is 7.05 Å². The highest BCUT2D eigenvalue weighted by Crippen LogP contribution is 2.39. The molecule has 3 aliphatic rings. The molecule has 5 atom stereocenters. The minimum Gasteiger partial charge on any atom is -0.465 e. The van der Waals surface area contributed by atoms with Crippen LogP contribution < -0.4 is 0 Å². The number of aromatic nitrogens is 4. The number of nitrogens with one attached hydrogen (secondary N) is 2. The Bertz CT molecular complexity index is 2200. The fourth-order valence-corrected chi connectivity index (χ4v) is 9.56. The van der Waals surface area contributed by atoms with Gasteiger partial charge in [-0.15, -0.1) is 0 Å². The molecular weight excluding hydrogens is 729 g/mol. The first kappa shape index (κ1) is 39.1. The molecule has 0 unspecified atom stereocenters. The Kier molecular flexibility index (Phi) is 11.5. The standard InChI is InChI=1S/C46H54N8O4/c1-4-52(5-2)41(34-12-7-6-8-13-34)45(56)54-27-11-17-40(54)43-48-29-37(50-43)33-24-20-31(21-25-33)30-18-22-32(23-19-30)36-28-47-42(49-36)39-16-10-26-53(39)44(55)35-14-9-15-38(35)51(3)46(57)58/h6-8,12-13,18-25,28-29,35,38-41H,4-5,9-11,14-17,26-27H2,1-3H3,(H,47,49)(H,48,50)(H,57,58)/t35-,38-,39-,40-,41+/m0/s1. The molecule has 2 aliphatic heterocycles. The maximum atomic E-state index is 14.2. The average Bonchev–Trinajstić information content (AvgIpc) is 4.12. The number of benzene rings is 3. The number of nitrogens with zero attached hydrogens (tertiary/aromatic N) is 6. The summed E-state index contributed by atoms with van der Waals surface area (Å²) >= 11 is 0. The van der Waals surface area contributed by atoms with E-state index < -0.39 is 6.09 Å². The van der Waals surface area contributed by atoms with Gasteiger partial charge >= 0.3 is 6.09 Å². The summed E-state index contributed by atoms with van der Waals surface area (Å²) < 4.78 is 0. The fraction of sp³-hybridized carbons (Fsp3) is 0.413. The third-order valence-corrected chi connectivity index (χ3v) is 12.7. The number of rotatable bonds is 12. The zero-order valence-corrected chi connectivity index (χ0v) is 33.7. The minimum atomic E-state index is -0.990. The zero-order chi connectivity index (χ0) is 40.3. The smallest absolute Gasteiger partial charge is 0.407 e. The van der Waals surface area contributed by atoms with Gasteiger partial charge in [0.2, 0.25) is 11.8 Å². The van der Waals surface area contributed by atoms with Crippen molar-refractivity contribution in [1.82, 2.24) is 39.5 Å². The highest BCUT2D eigenvalue weighted by molar-refractivity contribution is 5.84. The van der Waals surface area contributed by atoms with Gasteiger partial charge < -0.3 is 29.8 Å². The Morgan fingerprint density at radius 3 is 1.76 bits per heavy atom. The van der Waals surface area contributed by atoms with Crippen LogP contribution in [0.1, 0.15) is 94.1 Å². The number of likely N-dealkylation sites (N-methyl/N-ethyl adjacent to an activating group) is 1. The molecule has 0 radical (unpaired) electrons. The summed E-state index contributed by atoms with van der Waals surface area (Å²) in [6, 6.07) is 26.1. The average molecular weight is 783 g/mol. The predicted octanol–water partition coefficient (Wildman–Crippen LogP) is 8.32. The second-order valence-corrected chi connectivity index (χ2v) is 15.9. The fourth-order valence-electron chi connectivity index (χ4n) is 9.56. The number of carboxylic acid groups (broad SMARTS) is 1. The van der Waals surface area contributed by atoms with Crippen molar-refractivity contribution in [3.63, 3.8) is 0 Å². The highest BCUT2D eigenvalue weighted by atomic mass is 16.4. The molecule has 302 valence electrons. The highest BCUT2D eigenvalue weighted by Gasteiger charge is 2.43. The van der Waals surface area contributed by atoms with Gasteiger partial charge in [-0.3, -0.25) is 14.5 Å².